The number of rotatable bonds is 3. The van der Waals surface area contributed by atoms with Gasteiger partial charge in [0, 0.05) is 16.2 Å². The van der Waals surface area contributed by atoms with Gasteiger partial charge in [-0.15, -0.1) is 0 Å². The summed E-state index contributed by atoms with van der Waals surface area (Å²) in [6.07, 6.45) is 4.82. The molecule has 4 nitrogen and oxygen atoms in total. The molecule has 0 saturated heterocycles. The van der Waals surface area contributed by atoms with E-state index in [-0.39, 0.29) is 5.91 Å². The molecule has 1 aliphatic heterocycles. The number of carbonyl (C=O) groups excluding carboxylic acids is 1. The van der Waals surface area contributed by atoms with Gasteiger partial charge in [-0.25, -0.2) is 0 Å². The molecule has 2 aromatic carbocycles. The summed E-state index contributed by atoms with van der Waals surface area (Å²) in [7, 11) is 1.56. The number of hydrogen-bond donors (Lipinski definition) is 1. The van der Waals surface area contributed by atoms with Crippen LogP contribution in [0.4, 0.5) is 5.69 Å². The van der Waals surface area contributed by atoms with Crippen molar-refractivity contribution in [3.8, 4) is 11.5 Å². The Morgan fingerprint density at radius 1 is 1.22 bits per heavy atom. The van der Waals surface area contributed by atoms with Crippen LogP contribution in [-0.4, -0.2) is 13.0 Å². The van der Waals surface area contributed by atoms with Gasteiger partial charge in [-0.05, 0) is 42.5 Å². The molecule has 1 heterocycles. The number of hydrogen-bond acceptors (Lipinski definition) is 3. The van der Waals surface area contributed by atoms with Crippen LogP contribution in [0.25, 0.3) is 6.08 Å². The van der Waals surface area contributed by atoms with Crippen molar-refractivity contribution >= 4 is 29.3 Å². The number of benzene rings is 2. The molecule has 1 aliphatic rings. The first-order chi connectivity index (χ1) is 11.2. The van der Waals surface area contributed by atoms with Gasteiger partial charge in [0.25, 0.3) is 5.91 Å². The van der Waals surface area contributed by atoms with Crippen LogP contribution in [0.5, 0.6) is 11.5 Å². The minimum absolute atomic E-state index is 0.262. The second-order valence-electron chi connectivity index (χ2n) is 4.86. The molecule has 0 bridgehead atoms. The molecule has 0 spiro atoms. The van der Waals surface area contributed by atoms with Crippen molar-refractivity contribution in [1.82, 2.24) is 0 Å². The third-order valence-electron chi connectivity index (χ3n) is 3.34. The Hall–Kier alpha value is -2.72. The zero-order valence-corrected chi connectivity index (χ0v) is 13.1. The number of para-hydroxylation sites is 2. The van der Waals surface area contributed by atoms with Gasteiger partial charge in [-0.3, -0.25) is 4.79 Å². The van der Waals surface area contributed by atoms with Crippen molar-refractivity contribution < 1.29 is 14.3 Å². The second-order valence-corrected chi connectivity index (χ2v) is 5.29. The van der Waals surface area contributed by atoms with E-state index in [9.17, 15) is 4.79 Å². The zero-order valence-electron chi connectivity index (χ0n) is 12.4. The predicted molar refractivity (Wildman–Crippen MR) is 90.8 cm³/mol. The molecule has 0 aromatic heterocycles. The first kappa shape index (κ1) is 15.2. The number of nitrogens with one attached hydrogen (secondary N) is 1. The molecule has 3 rings (SSSR count). The summed E-state index contributed by atoms with van der Waals surface area (Å²) in [4.78, 5) is 12.5. The Balaban J connectivity index is 1.90. The van der Waals surface area contributed by atoms with Crippen molar-refractivity contribution in [2.75, 3.05) is 12.4 Å². The maximum atomic E-state index is 12.5. The van der Waals surface area contributed by atoms with E-state index in [1.165, 1.54) is 6.26 Å². The van der Waals surface area contributed by atoms with Crippen LogP contribution in [0.3, 0.4) is 0 Å². The highest BCUT2D eigenvalue weighted by Crippen LogP contribution is 2.29. The van der Waals surface area contributed by atoms with E-state index in [2.05, 4.69) is 5.32 Å². The van der Waals surface area contributed by atoms with E-state index >= 15 is 0 Å². The van der Waals surface area contributed by atoms with Crippen molar-refractivity contribution in [2.24, 2.45) is 0 Å². The molecule has 0 aliphatic carbocycles. The Bertz CT molecular complexity index is 812. The minimum atomic E-state index is -0.262. The Labute approximate surface area is 139 Å². The lowest BCUT2D eigenvalue weighted by Crippen LogP contribution is -2.13. The van der Waals surface area contributed by atoms with Crippen LogP contribution in [0.2, 0.25) is 5.02 Å². The fraction of sp³-hybridized carbons (Fsp3) is 0.0556. The average Bonchev–Trinajstić information content (AvgIpc) is 2.77. The summed E-state index contributed by atoms with van der Waals surface area (Å²) in [5.74, 6) is 0.978. The topological polar surface area (TPSA) is 47.6 Å². The highest BCUT2D eigenvalue weighted by molar-refractivity contribution is 6.30. The highest BCUT2D eigenvalue weighted by atomic mass is 35.5. The number of carbonyl (C=O) groups is 1. The summed E-state index contributed by atoms with van der Waals surface area (Å²) < 4.78 is 10.7. The molecule has 1 N–H and O–H groups in total. The van der Waals surface area contributed by atoms with E-state index in [0.717, 1.165) is 5.56 Å². The summed E-state index contributed by atoms with van der Waals surface area (Å²) in [5.41, 5.74) is 1.80. The molecular weight excluding hydrogens is 314 g/mol. The Morgan fingerprint density at radius 2 is 2.04 bits per heavy atom. The molecule has 5 heteroatoms. The highest BCUT2D eigenvalue weighted by Gasteiger charge is 2.14. The molecular formula is C18H14ClNO3. The Kier molecular flexibility index (Phi) is 4.35. The van der Waals surface area contributed by atoms with Crippen LogP contribution in [0.15, 0.2) is 60.4 Å². The maximum absolute atomic E-state index is 12.5. The van der Waals surface area contributed by atoms with Crippen LogP contribution in [-0.2, 0) is 4.79 Å². The SMILES string of the molecule is COc1ccccc1NC(=O)C1=Cc2cc(Cl)ccc2OC=C1. The van der Waals surface area contributed by atoms with Gasteiger partial charge in [0.05, 0.1) is 19.1 Å². The molecule has 0 unspecified atom stereocenters. The monoisotopic (exact) mass is 327 g/mol. The minimum Gasteiger partial charge on any atom is -0.495 e. The first-order valence-corrected chi connectivity index (χ1v) is 7.34. The summed E-state index contributed by atoms with van der Waals surface area (Å²) in [6, 6.07) is 12.5. The summed E-state index contributed by atoms with van der Waals surface area (Å²) in [5, 5.41) is 3.41. The molecule has 116 valence electrons. The molecule has 1 amide bonds. The van der Waals surface area contributed by atoms with Crippen LogP contribution < -0.4 is 14.8 Å². The van der Waals surface area contributed by atoms with Gasteiger partial charge in [-0.1, -0.05) is 23.7 Å². The number of methoxy groups -OCH3 is 1. The largest absolute Gasteiger partial charge is 0.495 e. The Morgan fingerprint density at radius 3 is 2.87 bits per heavy atom. The molecule has 0 saturated carbocycles. The molecule has 0 fully saturated rings. The second kappa shape index (κ2) is 6.58. The number of ether oxygens (including phenoxy) is 2. The number of halogens is 1. The molecule has 2 aromatic rings. The van der Waals surface area contributed by atoms with Crippen LogP contribution in [0, 0.1) is 0 Å². The molecule has 23 heavy (non-hydrogen) atoms. The maximum Gasteiger partial charge on any atom is 0.255 e. The van der Waals surface area contributed by atoms with Crippen molar-refractivity contribution in [2.45, 2.75) is 0 Å². The lowest BCUT2D eigenvalue weighted by atomic mass is 10.1. The van der Waals surface area contributed by atoms with Crippen molar-refractivity contribution in [1.29, 1.82) is 0 Å². The van der Waals surface area contributed by atoms with Crippen LogP contribution >= 0.6 is 11.6 Å². The number of anilines is 1. The standard InChI is InChI=1S/C18H14ClNO3/c1-22-17-5-3-2-4-15(17)20-18(21)12-8-9-23-16-7-6-14(19)11-13(16)10-12/h2-11H,1H3,(H,20,21). The van der Waals surface area contributed by atoms with E-state index in [1.54, 1.807) is 49.6 Å². The lowest BCUT2D eigenvalue weighted by Gasteiger charge is -2.10. The van der Waals surface area contributed by atoms with Gasteiger partial charge < -0.3 is 14.8 Å². The number of amides is 1. The summed E-state index contributed by atoms with van der Waals surface area (Å²) >= 11 is 6.00. The predicted octanol–water partition coefficient (Wildman–Crippen LogP) is 4.28. The van der Waals surface area contributed by atoms with E-state index < -0.39 is 0 Å². The summed E-state index contributed by atoms with van der Waals surface area (Å²) in [6.45, 7) is 0. The van der Waals surface area contributed by atoms with Gasteiger partial charge >= 0.3 is 0 Å². The lowest BCUT2D eigenvalue weighted by molar-refractivity contribution is -0.112. The van der Waals surface area contributed by atoms with Gasteiger partial charge in [0.1, 0.15) is 11.5 Å². The van der Waals surface area contributed by atoms with Gasteiger partial charge in [0.15, 0.2) is 0 Å². The van der Waals surface area contributed by atoms with Gasteiger partial charge in [-0.2, -0.15) is 0 Å². The molecule has 0 radical (unpaired) electrons. The van der Waals surface area contributed by atoms with E-state index in [4.69, 9.17) is 21.1 Å². The third-order valence-corrected chi connectivity index (χ3v) is 3.58. The number of fused-ring (bicyclic) bond motifs is 1. The third kappa shape index (κ3) is 3.38. The normalized spacial score (nSPS) is 12.5. The fourth-order valence-electron chi connectivity index (χ4n) is 2.22. The van der Waals surface area contributed by atoms with Gasteiger partial charge in [0.2, 0.25) is 0 Å². The zero-order chi connectivity index (χ0) is 16.2. The van der Waals surface area contributed by atoms with Crippen LogP contribution in [0.1, 0.15) is 5.56 Å². The smallest absolute Gasteiger partial charge is 0.255 e. The van der Waals surface area contributed by atoms with E-state index in [0.29, 0.717) is 27.8 Å². The average molecular weight is 328 g/mol. The molecule has 0 atom stereocenters. The quantitative estimate of drug-likeness (QED) is 0.915. The fourth-order valence-corrected chi connectivity index (χ4v) is 2.40. The van der Waals surface area contributed by atoms with Crippen molar-refractivity contribution in [3.63, 3.8) is 0 Å². The van der Waals surface area contributed by atoms with E-state index in [1.807, 2.05) is 12.1 Å². The first-order valence-electron chi connectivity index (χ1n) is 6.96. The van der Waals surface area contributed by atoms with Crippen molar-refractivity contribution in [3.05, 3.63) is 71.0 Å².